The van der Waals surface area contributed by atoms with Crippen LogP contribution in [0.5, 0.6) is 0 Å². The summed E-state index contributed by atoms with van der Waals surface area (Å²) in [4.78, 5) is 28.9. The molecule has 0 unspecified atom stereocenters. The maximum Gasteiger partial charge on any atom is 0.309 e. The number of likely N-dealkylation sites (tertiary alicyclic amines) is 1. The number of amides is 1. The average Bonchev–Trinajstić information content (AvgIpc) is 2.41. The number of carboxylic acid groups (broad SMARTS) is 1. The van der Waals surface area contributed by atoms with Crippen molar-refractivity contribution in [3.05, 3.63) is 28.0 Å². The lowest BCUT2D eigenvalue weighted by atomic mass is 9.80. The van der Waals surface area contributed by atoms with Gasteiger partial charge >= 0.3 is 5.97 Å². The van der Waals surface area contributed by atoms with Gasteiger partial charge in [-0.25, -0.2) is 4.98 Å². The molecule has 108 valence electrons. The van der Waals surface area contributed by atoms with Crippen molar-refractivity contribution in [2.75, 3.05) is 13.1 Å². The van der Waals surface area contributed by atoms with Crippen LogP contribution in [0.1, 0.15) is 30.1 Å². The molecule has 1 N–H and O–H groups in total. The van der Waals surface area contributed by atoms with Crippen molar-refractivity contribution >= 4 is 35.1 Å². The van der Waals surface area contributed by atoms with E-state index < -0.39 is 11.4 Å². The highest BCUT2D eigenvalue weighted by atomic mass is 35.5. The van der Waals surface area contributed by atoms with Crippen LogP contribution in [0.2, 0.25) is 10.2 Å². The summed E-state index contributed by atoms with van der Waals surface area (Å²) >= 11 is 11.7. The minimum Gasteiger partial charge on any atom is -0.481 e. The van der Waals surface area contributed by atoms with Crippen LogP contribution in [-0.4, -0.2) is 40.0 Å². The third-order valence-corrected chi connectivity index (χ3v) is 4.23. The Morgan fingerprint density at radius 3 is 2.50 bits per heavy atom. The zero-order chi connectivity index (χ0) is 14.9. The third kappa shape index (κ3) is 2.88. The molecular formula is C13H14Cl2N2O3. The van der Waals surface area contributed by atoms with Crippen molar-refractivity contribution in [1.29, 1.82) is 0 Å². The van der Waals surface area contributed by atoms with Gasteiger partial charge in [-0.1, -0.05) is 23.2 Å². The Bertz CT molecular complexity index is 555. The first-order valence-corrected chi connectivity index (χ1v) is 6.93. The van der Waals surface area contributed by atoms with Gasteiger partial charge in [0.15, 0.2) is 0 Å². The van der Waals surface area contributed by atoms with Crippen LogP contribution in [0, 0.1) is 5.41 Å². The van der Waals surface area contributed by atoms with Crippen molar-refractivity contribution in [3.8, 4) is 0 Å². The number of nitrogens with zero attached hydrogens (tertiary/aromatic N) is 2. The first-order chi connectivity index (χ1) is 9.33. The molecule has 2 heterocycles. The smallest absolute Gasteiger partial charge is 0.309 e. The molecule has 0 aromatic carbocycles. The van der Waals surface area contributed by atoms with Gasteiger partial charge in [0.25, 0.3) is 5.91 Å². The molecule has 1 aromatic rings. The molecule has 5 nitrogen and oxygen atoms in total. The number of piperidine rings is 1. The summed E-state index contributed by atoms with van der Waals surface area (Å²) < 4.78 is 0. The molecule has 0 atom stereocenters. The Balaban J connectivity index is 2.13. The first kappa shape index (κ1) is 15.1. The van der Waals surface area contributed by atoms with Crippen LogP contribution in [-0.2, 0) is 4.79 Å². The van der Waals surface area contributed by atoms with Gasteiger partial charge in [0.1, 0.15) is 5.15 Å². The number of halogens is 2. The fourth-order valence-corrected chi connectivity index (χ4v) is 2.51. The van der Waals surface area contributed by atoms with Crippen molar-refractivity contribution in [1.82, 2.24) is 9.88 Å². The highest BCUT2D eigenvalue weighted by Crippen LogP contribution is 2.32. The number of hydrogen-bond acceptors (Lipinski definition) is 3. The molecule has 1 fully saturated rings. The number of pyridine rings is 1. The molecule has 1 aromatic heterocycles. The second-order valence-electron chi connectivity index (χ2n) is 5.14. The average molecular weight is 317 g/mol. The lowest BCUT2D eigenvalue weighted by Crippen LogP contribution is -2.45. The predicted octanol–water partition coefficient (Wildman–Crippen LogP) is 2.72. The number of aromatic nitrogens is 1. The third-order valence-electron chi connectivity index (χ3n) is 3.72. The maximum atomic E-state index is 12.4. The van der Waals surface area contributed by atoms with Crippen LogP contribution >= 0.6 is 23.2 Å². The predicted molar refractivity (Wildman–Crippen MR) is 75.1 cm³/mol. The Hall–Kier alpha value is -1.33. The minimum atomic E-state index is -0.824. The zero-order valence-corrected chi connectivity index (χ0v) is 12.4. The summed E-state index contributed by atoms with van der Waals surface area (Å²) in [6.45, 7) is 2.48. The van der Waals surface area contributed by atoms with E-state index in [2.05, 4.69) is 4.98 Å². The molecular weight excluding hydrogens is 303 g/mol. The molecule has 1 aliphatic rings. The van der Waals surface area contributed by atoms with Crippen molar-refractivity contribution < 1.29 is 14.7 Å². The van der Waals surface area contributed by atoms with Crippen LogP contribution in [0.15, 0.2) is 12.3 Å². The summed E-state index contributed by atoms with van der Waals surface area (Å²) in [6.07, 6.45) is 2.18. The van der Waals surface area contributed by atoms with Gasteiger partial charge in [0.05, 0.1) is 16.0 Å². The largest absolute Gasteiger partial charge is 0.481 e. The number of carbonyl (C=O) groups is 2. The molecule has 0 spiro atoms. The normalized spacial score (nSPS) is 17.9. The molecule has 0 radical (unpaired) electrons. The fourth-order valence-electron chi connectivity index (χ4n) is 2.16. The SMILES string of the molecule is CC1(C(=O)O)CCN(C(=O)c2cc(Cl)ncc2Cl)CC1. The lowest BCUT2D eigenvalue weighted by Gasteiger charge is -2.36. The van der Waals surface area contributed by atoms with E-state index in [1.165, 1.54) is 12.3 Å². The van der Waals surface area contributed by atoms with E-state index in [1.807, 2.05) is 0 Å². The van der Waals surface area contributed by atoms with Gasteiger partial charge in [0, 0.05) is 19.3 Å². The topological polar surface area (TPSA) is 70.5 Å². The van der Waals surface area contributed by atoms with Crippen molar-refractivity contribution in [2.45, 2.75) is 19.8 Å². The minimum absolute atomic E-state index is 0.199. The summed E-state index contributed by atoms with van der Waals surface area (Å²) in [5.41, 5.74) is -0.471. The Morgan fingerprint density at radius 1 is 1.35 bits per heavy atom. The van der Waals surface area contributed by atoms with Gasteiger partial charge in [-0.15, -0.1) is 0 Å². The zero-order valence-electron chi connectivity index (χ0n) is 10.9. The molecule has 1 saturated heterocycles. The first-order valence-electron chi connectivity index (χ1n) is 6.17. The molecule has 0 saturated carbocycles. The standard InChI is InChI=1S/C13H14Cl2N2O3/c1-13(12(19)20)2-4-17(5-3-13)11(18)8-6-10(15)16-7-9(8)14/h6-7H,2-5H2,1H3,(H,19,20). The van der Waals surface area contributed by atoms with Crippen LogP contribution in [0.3, 0.4) is 0 Å². The van der Waals surface area contributed by atoms with E-state index in [-0.39, 0.29) is 16.1 Å². The molecule has 2 rings (SSSR count). The molecule has 0 aliphatic carbocycles. The van der Waals surface area contributed by atoms with Crippen molar-refractivity contribution in [2.24, 2.45) is 5.41 Å². The maximum absolute atomic E-state index is 12.4. The van der Waals surface area contributed by atoms with Crippen LogP contribution < -0.4 is 0 Å². The van der Waals surface area contributed by atoms with E-state index in [1.54, 1.807) is 11.8 Å². The van der Waals surface area contributed by atoms with Gasteiger partial charge in [-0.05, 0) is 25.8 Å². The molecule has 1 aliphatic heterocycles. The second-order valence-corrected chi connectivity index (χ2v) is 5.94. The number of aliphatic carboxylic acids is 1. The number of hydrogen-bond donors (Lipinski definition) is 1. The summed E-state index contributed by atoms with van der Waals surface area (Å²) in [7, 11) is 0. The number of carboxylic acids is 1. The van der Waals surface area contributed by atoms with E-state index in [0.717, 1.165) is 0 Å². The Morgan fingerprint density at radius 2 is 1.95 bits per heavy atom. The van der Waals surface area contributed by atoms with E-state index in [0.29, 0.717) is 31.5 Å². The molecule has 0 bridgehead atoms. The fraction of sp³-hybridized carbons (Fsp3) is 0.462. The Labute approximate surface area is 126 Å². The van der Waals surface area contributed by atoms with E-state index in [4.69, 9.17) is 28.3 Å². The summed E-state index contributed by atoms with van der Waals surface area (Å²) in [5.74, 6) is -1.07. The van der Waals surface area contributed by atoms with Crippen molar-refractivity contribution in [3.63, 3.8) is 0 Å². The number of rotatable bonds is 2. The summed E-state index contributed by atoms with van der Waals surface area (Å²) in [5, 5.41) is 9.61. The van der Waals surface area contributed by atoms with Crippen LogP contribution in [0.4, 0.5) is 0 Å². The summed E-state index contributed by atoms with van der Waals surface area (Å²) in [6, 6.07) is 1.43. The molecule has 1 amide bonds. The highest BCUT2D eigenvalue weighted by Gasteiger charge is 2.38. The number of carbonyl (C=O) groups excluding carboxylic acids is 1. The Kier molecular flexibility index (Phi) is 4.20. The molecule has 7 heteroatoms. The monoisotopic (exact) mass is 316 g/mol. The highest BCUT2D eigenvalue weighted by molar-refractivity contribution is 6.35. The van der Waals surface area contributed by atoms with Gasteiger partial charge in [0.2, 0.25) is 0 Å². The van der Waals surface area contributed by atoms with Gasteiger partial charge in [-0.2, -0.15) is 0 Å². The lowest BCUT2D eigenvalue weighted by molar-refractivity contribution is -0.150. The second kappa shape index (κ2) is 5.58. The molecule has 20 heavy (non-hydrogen) atoms. The van der Waals surface area contributed by atoms with Crippen LogP contribution in [0.25, 0.3) is 0 Å². The van der Waals surface area contributed by atoms with Gasteiger partial charge in [-0.3, -0.25) is 9.59 Å². The van der Waals surface area contributed by atoms with E-state index in [9.17, 15) is 9.59 Å². The quantitative estimate of drug-likeness (QED) is 0.852. The van der Waals surface area contributed by atoms with Gasteiger partial charge < -0.3 is 10.0 Å². The van der Waals surface area contributed by atoms with E-state index >= 15 is 0 Å².